The fraction of sp³-hybridized carbons (Fsp3) is 0.278. The molecule has 242 valence electrons. The van der Waals surface area contributed by atoms with Gasteiger partial charge in [0.15, 0.2) is 0 Å². The van der Waals surface area contributed by atoms with Crippen LogP contribution in [0, 0.1) is 19.8 Å². The van der Waals surface area contributed by atoms with Crippen LogP contribution in [0.3, 0.4) is 0 Å². The Balaban J connectivity index is 1.81. The van der Waals surface area contributed by atoms with Crippen molar-refractivity contribution in [3.05, 3.63) is 129 Å². The zero-order valence-corrected chi connectivity index (χ0v) is 28.7. The Labute approximate surface area is 282 Å². The second-order valence-electron chi connectivity index (χ2n) is 11.8. The van der Waals surface area contributed by atoms with Gasteiger partial charge in [-0.15, -0.1) is 0 Å². The van der Waals surface area contributed by atoms with Crippen molar-refractivity contribution < 1.29 is 18.0 Å². The maximum atomic E-state index is 14.6. The van der Waals surface area contributed by atoms with Gasteiger partial charge in [-0.3, -0.25) is 13.9 Å². The maximum absolute atomic E-state index is 14.6. The molecule has 4 aromatic carbocycles. The molecule has 4 aromatic rings. The van der Waals surface area contributed by atoms with Crippen molar-refractivity contribution in [2.45, 2.75) is 51.6 Å². The summed E-state index contributed by atoms with van der Waals surface area (Å²) in [5.41, 5.74) is 3.56. The summed E-state index contributed by atoms with van der Waals surface area (Å²) in [6, 6.07) is 27.0. The van der Waals surface area contributed by atoms with E-state index in [0.29, 0.717) is 27.8 Å². The number of halogens is 2. The zero-order valence-electron chi connectivity index (χ0n) is 26.4. The minimum atomic E-state index is -4.18. The molecular weight excluding hydrogens is 641 g/mol. The molecule has 1 atom stereocenters. The fourth-order valence-corrected chi connectivity index (χ4v) is 6.69. The normalized spacial score (nSPS) is 12.1. The fourth-order valence-electron chi connectivity index (χ4n) is 4.96. The summed E-state index contributed by atoms with van der Waals surface area (Å²) in [5, 5.41) is 3.65. The van der Waals surface area contributed by atoms with Gasteiger partial charge in [-0.1, -0.05) is 103 Å². The molecule has 1 N–H and O–H groups in total. The van der Waals surface area contributed by atoms with Crippen LogP contribution in [-0.2, 0) is 32.6 Å². The minimum absolute atomic E-state index is 0.00540. The van der Waals surface area contributed by atoms with E-state index >= 15 is 0 Å². The van der Waals surface area contributed by atoms with E-state index < -0.39 is 28.5 Å². The van der Waals surface area contributed by atoms with Crippen LogP contribution in [0.1, 0.15) is 36.1 Å². The van der Waals surface area contributed by atoms with Gasteiger partial charge in [-0.25, -0.2) is 8.42 Å². The van der Waals surface area contributed by atoms with Crippen molar-refractivity contribution in [1.82, 2.24) is 10.2 Å². The van der Waals surface area contributed by atoms with Crippen LogP contribution in [0.2, 0.25) is 10.0 Å². The molecule has 0 aliphatic carbocycles. The van der Waals surface area contributed by atoms with Gasteiger partial charge in [0.2, 0.25) is 11.8 Å². The molecule has 0 radical (unpaired) electrons. The van der Waals surface area contributed by atoms with E-state index in [2.05, 4.69) is 5.32 Å². The number of hydrogen-bond donors (Lipinski definition) is 1. The van der Waals surface area contributed by atoms with Crippen LogP contribution in [0.15, 0.2) is 102 Å². The van der Waals surface area contributed by atoms with Crippen LogP contribution in [0.25, 0.3) is 0 Å². The Kier molecular flexibility index (Phi) is 11.9. The van der Waals surface area contributed by atoms with Crippen LogP contribution in [0.5, 0.6) is 0 Å². The van der Waals surface area contributed by atoms with Crippen molar-refractivity contribution >= 4 is 50.7 Å². The quantitative estimate of drug-likeness (QED) is 0.162. The Morgan fingerprint density at radius 3 is 2.11 bits per heavy atom. The molecule has 0 saturated carbocycles. The first-order valence-electron chi connectivity index (χ1n) is 15.1. The van der Waals surface area contributed by atoms with E-state index in [9.17, 15) is 18.0 Å². The van der Waals surface area contributed by atoms with E-state index in [4.69, 9.17) is 23.2 Å². The highest BCUT2D eigenvalue weighted by Gasteiger charge is 2.34. The first kappa shape index (κ1) is 35.0. The van der Waals surface area contributed by atoms with Gasteiger partial charge in [0, 0.05) is 19.5 Å². The molecule has 4 rings (SSSR count). The summed E-state index contributed by atoms with van der Waals surface area (Å²) >= 11 is 12.5. The molecule has 0 fully saturated rings. The summed E-state index contributed by atoms with van der Waals surface area (Å²) < 4.78 is 29.5. The lowest BCUT2D eigenvalue weighted by atomic mass is 10.0. The van der Waals surface area contributed by atoms with Gasteiger partial charge in [0.25, 0.3) is 10.0 Å². The Morgan fingerprint density at radius 2 is 1.48 bits per heavy atom. The van der Waals surface area contributed by atoms with Gasteiger partial charge in [-0.05, 0) is 72.9 Å². The number of hydrogen-bond acceptors (Lipinski definition) is 4. The SMILES string of the molecule is Cc1ccc(S(=O)(=O)N(CC(=O)N(Cc2ccc(Cl)c(Cl)c2)C(Cc2ccccc2)C(=O)NCC(C)C)c2cccc(C)c2)cc1. The number of benzene rings is 4. The highest BCUT2D eigenvalue weighted by Crippen LogP contribution is 2.27. The summed E-state index contributed by atoms with van der Waals surface area (Å²) in [7, 11) is -4.18. The average molecular weight is 681 g/mol. The van der Waals surface area contributed by atoms with Crippen molar-refractivity contribution in [2.75, 3.05) is 17.4 Å². The number of amides is 2. The third kappa shape index (κ3) is 9.12. The van der Waals surface area contributed by atoms with Gasteiger partial charge in [0.05, 0.1) is 20.6 Å². The Bertz CT molecular complexity index is 1760. The van der Waals surface area contributed by atoms with Crippen LogP contribution in [0.4, 0.5) is 5.69 Å². The summed E-state index contributed by atoms with van der Waals surface area (Å²) in [6.45, 7) is 7.57. The van der Waals surface area contributed by atoms with E-state index in [1.807, 2.05) is 64.1 Å². The summed E-state index contributed by atoms with van der Waals surface area (Å²) in [5.74, 6) is -0.713. The molecule has 0 aromatic heterocycles. The van der Waals surface area contributed by atoms with E-state index in [0.717, 1.165) is 21.0 Å². The lowest BCUT2D eigenvalue weighted by Crippen LogP contribution is -2.53. The maximum Gasteiger partial charge on any atom is 0.264 e. The predicted octanol–water partition coefficient (Wildman–Crippen LogP) is 7.22. The van der Waals surface area contributed by atoms with Crippen molar-refractivity contribution in [2.24, 2.45) is 5.92 Å². The van der Waals surface area contributed by atoms with Gasteiger partial charge in [-0.2, -0.15) is 0 Å². The number of nitrogens with zero attached hydrogens (tertiary/aromatic N) is 2. The molecule has 0 aliphatic rings. The standard InChI is InChI=1S/C36H39Cl2N3O4S/c1-25(2)22-39-36(43)34(21-28-10-6-5-7-11-28)40(23-29-15-18-32(37)33(38)20-29)35(42)24-41(30-12-8-9-27(4)19-30)46(44,45)31-16-13-26(3)14-17-31/h5-20,25,34H,21-24H2,1-4H3,(H,39,43). The molecule has 10 heteroatoms. The molecule has 7 nitrogen and oxygen atoms in total. The molecule has 1 unspecified atom stereocenters. The number of carbonyl (C=O) groups excluding carboxylic acids is 2. The highest BCUT2D eigenvalue weighted by molar-refractivity contribution is 7.92. The summed E-state index contributed by atoms with van der Waals surface area (Å²) in [4.78, 5) is 29.9. The molecule has 0 bridgehead atoms. The number of aryl methyl sites for hydroxylation is 2. The van der Waals surface area contributed by atoms with E-state index in [-0.39, 0.29) is 29.7 Å². The van der Waals surface area contributed by atoms with Crippen LogP contribution >= 0.6 is 23.2 Å². The Morgan fingerprint density at radius 1 is 0.783 bits per heavy atom. The molecule has 46 heavy (non-hydrogen) atoms. The van der Waals surface area contributed by atoms with Crippen molar-refractivity contribution in [1.29, 1.82) is 0 Å². The number of nitrogens with one attached hydrogen (secondary N) is 1. The van der Waals surface area contributed by atoms with E-state index in [1.165, 1.54) is 17.0 Å². The highest BCUT2D eigenvalue weighted by atomic mass is 35.5. The van der Waals surface area contributed by atoms with Crippen molar-refractivity contribution in [3.63, 3.8) is 0 Å². The van der Waals surface area contributed by atoms with Gasteiger partial charge in [0.1, 0.15) is 12.6 Å². The van der Waals surface area contributed by atoms with Crippen LogP contribution in [-0.4, -0.2) is 44.3 Å². The molecular formula is C36H39Cl2N3O4S. The third-order valence-corrected chi connectivity index (χ3v) is 10.00. The number of sulfonamides is 1. The first-order valence-corrected chi connectivity index (χ1v) is 17.3. The van der Waals surface area contributed by atoms with Gasteiger partial charge < -0.3 is 10.2 Å². The molecule has 2 amide bonds. The molecule has 0 spiro atoms. The summed E-state index contributed by atoms with van der Waals surface area (Å²) in [6.07, 6.45) is 0.215. The lowest BCUT2D eigenvalue weighted by molar-refractivity contribution is -0.140. The zero-order chi connectivity index (χ0) is 33.4. The topological polar surface area (TPSA) is 86.8 Å². The second kappa shape index (κ2) is 15.6. The minimum Gasteiger partial charge on any atom is -0.354 e. The molecule has 0 saturated heterocycles. The predicted molar refractivity (Wildman–Crippen MR) is 186 cm³/mol. The van der Waals surface area contributed by atoms with E-state index in [1.54, 1.807) is 48.5 Å². The smallest absolute Gasteiger partial charge is 0.264 e. The second-order valence-corrected chi connectivity index (χ2v) is 14.5. The van der Waals surface area contributed by atoms with Gasteiger partial charge >= 0.3 is 0 Å². The number of carbonyl (C=O) groups is 2. The Hall–Kier alpha value is -3.85. The monoisotopic (exact) mass is 679 g/mol. The first-order chi connectivity index (χ1) is 21.8. The van der Waals surface area contributed by atoms with Crippen molar-refractivity contribution in [3.8, 4) is 0 Å². The molecule has 0 aliphatic heterocycles. The average Bonchev–Trinajstić information content (AvgIpc) is 3.02. The van der Waals surface area contributed by atoms with Crippen LogP contribution < -0.4 is 9.62 Å². The number of rotatable bonds is 13. The molecule has 0 heterocycles. The number of anilines is 1. The lowest BCUT2D eigenvalue weighted by Gasteiger charge is -2.34. The third-order valence-electron chi connectivity index (χ3n) is 7.47. The largest absolute Gasteiger partial charge is 0.354 e.